The van der Waals surface area contributed by atoms with Crippen molar-refractivity contribution in [3.63, 3.8) is 0 Å². The second-order valence-corrected chi connectivity index (χ2v) is 7.90. The molecule has 0 saturated heterocycles. The minimum Gasteiger partial charge on any atom is -0.366 e. The number of allylic oxidation sites excluding steroid dienone is 2. The van der Waals surface area contributed by atoms with E-state index in [-0.39, 0.29) is 12.3 Å². The van der Waals surface area contributed by atoms with E-state index in [0.29, 0.717) is 12.2 Å². The summed E-state index contributed by atoms with van der Waals surface area (Å²) < 4.78 is 1.62. The van der Waals surface area contributed by atoms with Crippen LogP contribution in [0.4, 0.5) is 0 Å². The zero-order chi connectivity index (χ0) is 22.1. The molecule has 2 unspecified atom stereocenters. The van der Waals surface area contributed by atoms with Crippen molar-refractivity contribution in [3.05, 3.63) is 94.5 Å². The third-order valence-corrected chi connectivity index (χ3v) is 5.82. The van der Waals surface area contributed by atoms with Crippen molar-refractivity contribution in [2.45, 2.75) is 25.8 Å². The van der Waals surface area contributed by atoms with E-state index in [0.717, 1.165) is 34.6 Å². The first kappa shape index (κ1) is 20.2. The first-order valence-corrected chi connectivity index (χ1v) is 10.6. The van der Waals surface area contributed by atoms with Crippen LogP contribution in [0.2, 0.25) is 0 Å². The Hall–Kier alpha value is -3.75. The second-order valence-electron chi connectivity index (χ2n) is 7.90. The standard InChI is InChI=1S/C24H25N7O/c1-15-21(19-10-5-11-20(22(25)32)31(19)30-15)24-28-18-9-6-12-26-14-17(18)23(29-24)27-13-16-7-3-2-4-8-16/h2-12,23-24,27-29H,13-14H2,1H3,(H2,25,32). The van der Waals surface area contributed by atoms with Crippen LogP contribution in [-0.2, 0) is 6.54 Å². The SMILES string of the molecule is Cc1nn2c(C(N)=O)cccc2c1C1NC2=C(CN=CC=C2)C(NCc2ccccc2)N1. The summed E-state index contributed by atoms with van der Waals surface area (Å²) in [5.41, 5.74) is 11.9. The zero-order valence-corrected chi connectivity index (χ0v) is 17.7. The summed E-state index contributed by atoms with van der Waals surface area (Å²) in [5.74, 6) is -0.509. The number of hydrogen-bond donors (Lipinski definition) is 4. The number of aryl methyl sites for hydroxylation is 1. The normalized spacial score (nSPS) is 20.2. The van der Waals surface area contributed by atoms with Crippen molar-refractivity contribution in [3.8, 4) is 0 Å². The third-order valence-electron chi connectivity index (χ3n) is 5.82. The molecule has 32 heavy (non-hydrogen) atoms. The number of pyridine rings is 1. The number of carbonyl (C=O) groups is 1. The van der Waals surface area contributed by atoms with Crippen LogP contribution in [0.25, 0.3) is 5.52 Å². The van der Waals surface area contributed by atoms with E-state index in [1.807, 2.05) is 55.6 Å². The van der Waals surface area contributed by atoms with Crippen LogP contribution in [0, 0.1) is 6.92 Å². The van der Waals surface area contributed by atoms with Crippen molar-refractivity contribution in [1.82, 2.24) is 25.6 Å². The summed E-state index contributed by atoms with van der Waals surface area (Å²) in [6, 6.07) is 15.8. The molecule has 5 rings (SSSR count). The van der Waals surface area contributed by atoms with E-state index in [1.165, 1.54) is 5.56 Å². The number of nitrogens with zero attached hydrogens (tertiary/aromatic N) is 3. The number of amides is 1. The van der Waals surface area contributed by atoms with Gasteiger partial charge in [0.1, 0.15) is 11.9 Å². The zero-order valence-electron chi connectivity index (χ0n) is 17.7. The van der Waals surface area contributed by atoms with Gasteiger partial charge in [0.25, 0.3) is 5.91 Å². The predicted molar refractivity (Wildman–Crippen MR) is 124 cm³/mol. The Kier molecular flexibility index (Phi) is 5.30. The number of benzene rings is 1. The van der Waals surface area contributed by atoms with Gasteiger partial charge in [-0.25, -0.2) is 4.52 Å². The Bertz CT molecular complexity index is 1260. The lowest BCUT2D eigenvalue weighted by atomic mass is 10.0. The van der Waals surface area contributed by atoms with E-state index in [4.69, 9.17) is 5.73 Å². The van der Waals surface area contributed by atoms with Crippen molar-refractivity contribution >= 4 is 17.6 Å². The second kappa shape index (κ2) is 8.41. The van der Waals surface area contributed by atoms with Gasteiger partial charge in [-0.15, -0.1) is 0 Å². The molecule has 8 nitrogen and oxygen atoms in total. The summed E-state index contributed by atoms with van der Waals surface area (Å²) >= 11 is 0. The number of fused-ring (bicyclic) bond motifs is 1. The van der Waals surface area contributed by atoms with Crippen LogP contribution in [-0.4, -0.2) is 34.4 Å². The van der Waals surface area contributed by atoms with Crippen molar-refractivity contribution in [1.29, 1.82) is 0 Å². The van der Waals surface area contributed by atoms with Crippen LogP contribution in [0.3, 0.4) is 0 Å². The number of nitrogens with two attached hydrogens (primary N) is 1. The van der Waals surface area contributed by atoms with E-state index < -0.39 is 5.91 Å². The lowest BCUT2D eigenvalue weighted by Gasteiger charge is -2.36. The number of rotatable bonds is 5. The first-order chi connectivity index (χ1) is 15.6. The number of aromatic nitrogens is 2. The molecule has 0 saturated carbocycles. The van der Waals surface area contributed by atoms with Crippen molar-refractivity contribution in [2.24, 2.45) is 10.7 Å². The van der Waals surface area contributed by atoms with Crippen molar-refractivity contribution in [2.75, 3.05) is 6.54 Å². The Labute approximate surface area is 185 Å². The molecule has 2 aliphatic rings. The average Bonchev–Trinajstić information content (AvgIpc) is 2.96. The fourth-order valence-corrected chi connectivity index (χ4v) is 4.29. The van der Waals surface area contributed by atoms with Gasteiger partial charge < -0.3 is 11.1 Å². The molecule has 2 aliphatic heterocycles. The Morgan fingerprint density at radius 2 is 2.06 bits per heavy atom. The average molecular weight is 428 g/mol. The van der Waals surface area contributed by atoms with E-state index in [2.05, 4.69) is 38.2 Å². The van der Waals surface area contributed by atoms with Crippen LogP contribution in [0.5, 0.6) is 0 Å². The Morgan fingerprint density at radius 3 is 2.88 bits per heavy atom. The van der Waals surface area contributed by atoms with Gasteiger partial charge >= 0.3 is 0 Å². The van der Waals surface area contributed by atoms with Gasteiger partial charge in [0.05, 0.1) is 23.9 Å². The van der Waals surface area contributed by atoms with Crippen LogP contribution in [0.1, 0.15) is 33.5 Å². The van der Waals surface area contributed by atoms with Gasteiger partial charge in [-0.3, -0.25) is 20.4 Å². The molecule has 2 atom stereocenters. The Morgan fingerprint density at radius 1 is 1.22 bits per heavy atom. The molecule has 0 aliphatic carbocycles. The summed E-state index contributed by atoms with van der Waals surface area (Å²) in [7, 11) is 0. The maximum Gasteiger partial charge on any atom is 0.267 e. The Balaban J connectivity index is 1.52. The molecule has 2 aromatic heterocycles. The summed E-state index contributed by atoms with van der Waals surface area (Å²) in [4.78, 5) is 16.4. The van der Waals surface area contributed by atoms with E-state index in [9.17, 15) is 4.79 Å². The molecule has 1 amide bonds. The molecule has 0 bridgehead atoms. The van der Waals surface area contributed by atoms with Crippen LogP contribution < -0.4 is 21.7 Å². The summed E-state index contributed by atoms with van der Waals surface area (Å²) in [6.07, 6.45) is 5.51. The maximum absolute atomic E-state index is 11.9. The van der Waals surface area contributed by atoms with Crippen molar-refractivity contribution < 1.29 is 4.79 Å². The highest BCUT2D eigenvalue weighted by Crippen LogP contribution is 2.28. The summed E-state index contributed by atoms with van der Waals surface area (Å²) in [5, 5.41) is 15.5. The maximum atomic E-state index is 11.9. The molecule has 1 aromatic carbocycles. The lowest BCUT2D eigenvalue weighted by molar-refractivity contribution is 0.0993. The minimum absolute atomic E-state index is 0.0926. The topological polar surface area (TPSA) is 109 Å². The monoisotopic (exact) mass is 427 g/mol. The molecule has 0 spiro atoms. The van der Waals surface area contributed by atoms with Gasteiger partial charge in [0.15, 0.2) is 0 Å². The smallest absolute Gasteiger partial charge is 0.267 e. The minimum atomic E-state index is -0.509. The largest absolute Gasteiger partial charge is 0.366 e. The molecular weight excluding hydrogens is 402 g/mol. The predicted octanol–water partition coefficient (Wildman–Crippen LogP) is 1.94. The van der Waals surface area contributed by atoms with E-state index in [1.54, 1.807) is 10.6 Å². The fourth-order valence-electron chi connectivity index (χ4n) is 4.29. The quantitative estimate of drug-likeness (QED) is 0.498. The lowest BCUT2D eigenvalue weighted by Crippen LogP contribution is -2.53. The number of primary amides is 1. The number of aliphatic imine (C=N–C) groups is 1. The molecule has 162 valence electrons. The molecule has 5 N–H and O–H groups in total. The van der Waals surface area contributed by atoms with Crippen LogP contribution >= 0.6 is 0 Å². The fraction of sp³-hybridized carbons (Fsp3) is 0.208. The molecule has 3 aromatic rings. The van der Waals surface area contributed by atoms with E-state index >= 15 is 0 Å². The molecule has 0 radical (unpaired) electrons. The van der Waals surface area contributed by atoms with Crippen LogP contribution in [0.15, 0.2) is 76.9 Å². The molecule has 8 heteroatoms. The van der Waals surface area contributed by atoms with Gasteiger partial charge in [-0.1, -0.05) is 36.4 Å². The number of hydrogen-bond acceptors (Lipinski definition) is 6. The third kappa shape index (κ3) is 3.70. The molecular formula is C24H25N7O. The first-order valence-electron chi connectivity index (χ1n) is 10.6. The van der Waals surface area contributed by atoms with Gasteiger partial charge in [-0.2, -0.15) is 5.10 Å². The highest BCUT2D eigenvalue weighted by Gasteiger charge is 2.31. The molecule has 0 fully saturated rings. The van der Waals surface area contributed by atoms with Gasteiger partial charge in [0.2, 0.25) is 0 Å². The molecule has 4 heterocycles. The number of carbonyl (C=O) groups excluding carboxylic acids is 1. The van der Waals surface area contributed by atoms with Gasteiger partial charge in [-0.05, 0) is 36.8 Å². The summed E-state index contributed by atoms with van der Waals surface area (Å²) in [6.45, 7) is 3.26. The highest BCUT2D eigenvalue weighted by atomic mass is 16.1. The van der Waals surface area contributed by atoms with Gasteiger partial charge in [0, 0.05) is 29.6 Å². The highest BCUT2D eigenvalue weighted by molar-refractivity contribution is 5.92. The number of nitrogens with one attached hydrogen (secondary N) is 3.